The number of thioether (sulfide) groups is 1. The summed E-state index contributed by atoms with van der Waals surface area (Å²) in [5.41, 5.74) is 1.96. The molecule has 31 heavy (non-hydrogen) atoms. The van der Waals surface area contributed by atoms with E-state index in [1.807, 2.05) is 31.2 Å². The van der Waals surface area contributed by atoms with Gasteiger partial charge in [0.25, 0.3) is 5.56 Å². The van der Waals surface area contributed by atoms with E-state index in [-0.39, 0.29) is 17.0 Å². The number of rotatable bonds is 5. The fourth-order valence-corrected chi connectivity index (χ4v) is 3.90. The van der Waals surface area contributed by atoms with Crippen LogP contribution in [0.4, 0.5) is 14.5 Å². The van der Waals surface area contributed by atoms with Crippen molar-refractivity contribution in [2.24, 2.45) is 0 Å². The summed E-state index contributed by atoms with van der Waals surface area (Å²) >= 11 is 1.06. The lowest BCUT2D eigenvalue weighted by Gasteiger charge is -2.13. The number of para-hydroxylation sites is 1. The zero-order valence-electron chi connectivity index (χ0n) is 16.4. The zero-order chi connectivity index (χ0) is 22.0. The van der Waals surface area contributed by atoms with E-state index in [1.54, 1.807) is 24.3 Å². The highest BCUT2D eigenvalue weighted by Crippen LogP contribution is 2.22. The van der Waals surface area contributed by atoms with E-state index < -0.39 is 17.5 Å². The van der Waals surface area contributed by atoms with Gasteiger partial charge in [-0.1, -0.05) is 41.6 Å². The molecule has 1 N–H and O–H groups in total. The van der Waals surface area contributed by atoms with E-state index in [2.05, 4.69) is 10.3 Å². The number of hydrogen-bond donors (Lipinski definition) is 1. The van der Waals surface area contributed by atoms with Gasteiger partial charge < -0.3 is 5.32 Å². The molecule has 1 amide bonds. The lowest BCUT2D eigenvalue weighted by Crippen LogP contribution is -2.23. The molecule has 4 aromatic rings. The van der Waals surface area contributed by atoms with Gasteiger partial charge in [-0.2, -0.15) is 0 Å². The molecule has 1 aromatic heterocycles. The second kappa shape index (κ2) is 8.69. The van der Waals surface area contributed by atoms with Crippen molar-refractivity contribution in [1.82, 2.24) is 9.55 Å². The molecule has 0 aliphatic heterocycles. The minimum Gasteiger partial charge on any atom is -0.325 e. The number of aryl methyl sites for hydroxylation is 1. The van der Waals surface area contributed by atoms with Crippen LogP contribution in [0.1, 0.15) is 5.56 Å². The molecule has 0 aliphatic carbocycles. The summed E-state index contributed by atoms with van der Waals surface area (Å²) in [6.45, 7) is 1.94. The van der Waals surface area contributed by atoms with Gasteiger partial charge in [0.1, 0.15) is 11.6 Å². The summed E-state index contributed by atoms with van der Waals surface area (Å²) in [7, 11) is 0. The van der Waals surface area contributed by atoms with Crippen molar-refractivity contribution in [2.45, 2.75) is 12.1 Å². The maximum Gasteiger partial charge on any atom is 0.266 e. The standard InChI is InChI=1S/C23H17F2N3O2S/c1-14-6-8-18(9-7-14)28-22(30)19-4-2-3-5-20(19)27-23(28)31-13-21(29)26-17-11-15(24)10-16(25)12-17/h2-12H,13H2,1H3,(H,26,29). The Labute approximate surface area is 180 Å². The molecule has 5 nitrogen and oxygen atoms in total. The third-order valence-electron chi connectivity index (χ3n) is 4.52. The van der Waals surface area contributed by atoms with Gasteiger partial charge in [0.05, 0.1) is 22.3 Å². The fraction of sp³-hybridized carbons (Fsp3) is 0.0870. The first kappa shape index (κ1) is 20.7. The van der Waals surface area contributed by atoms with Gasteiger partial charge in [-0.25, -0.2) is 13.8 Å². The Morgan fingerprint density at radius 3 is 2.42 bits per heavy atom. The number of fused-ring (bicyclic) bond motifs is 1. The molecule has 0 atom stereocenters. The second-order valence-corrected chi connectivity index (χ2v) is 7.83. The number of anilines is 1. The molecular weight excluding hydrogens is 420 g/mol. The molecule has 0 saturated heterocycles. The van der Waals surface area contributed by atoms with Gasteiger partial charge >= 0.3 is 0 Å². The predicted molar refractivity (Wildman–Crippen MR) is 118 cm³/mol. The van der Waals surface area contributed by atoms with Crippen LogP contribution in [0.25, 0.3) is 16.6 Å². The summed E-state index contributed by atoms with van der Waals surface area (Å²) in [6.07, 6.45) is 0. The van der Waals surface area contributed by atoms with E-state index in [9.17, 15) is 18.4 Å². The van der Waals surface area contributed by atoms with Crippen molar-refractivity contribution in [2.75, 3.05) is 11.1 Å². The predicted octanol–water partition coefficient (Wildman–Crippen LogP) is 4.70. The number of aromatic nitrogens is 2. The number of halogens is 2. The summed E-state index contributed by atoms with van der Waals surface area (Å²) in [5.74, 6) is -2.15. The van der Waals surface area contributed by atoms with E-state index in [4.69, 9.17) is 0 Å². The molecule has 0 fully saturated rings. The summed E-state index contributed by atoms with van der Waals surface area (Å²) in [6, 6.07) is 17.2. The van der Waals surface area contributed by atoms with Crippen LogP contribution in [0.15, 0.2) is 76.7 Å². The molecule has 0 bridgehead atoms. The molecule has 0 saturated carbocycles. The van der Waals surface area contributed by atoms with Gasteiger partial charge in [-0.3, -0.25) is 14.2 Å². The molecule has 0 spiro atoms. The Balaban J connectivity index is 1.66. The van der Waals surface area contributed by atoms with Gasteiger partial charge in [0.2, 0.25) is 5.91 Å². The van der Waals surface area contributed by atoms with Gasteiger partial charge in [-0.15, -0.1) is 0 Å². The Hall–Kier alpha value is -3.52. The Bertz CT molecular complexity index is 1320. The molecule has 8 heteroatoms. The van der Waals surface area contributed by atoms with Crippen molar-refractivity contribution < 1.29 is 13.6 Å². The highest BCUT2D eigenvalue weighted by molar-refractivity contribution is 7.99. The first-order valence-electron chi connectivity index (χ1n) is 9.38. The SMILES string of the molecule is Cc1ccc(-n2c(SCC(=O)Nc3cc(F)cc(F)c3)nc3ccccc3c2=O)cc1. The second-order valence-electron chi connectivity index (χ2n) is 6.88. The Morgan fingerprint density at radius 2 is 1.71 bits per heavy atom. The molecule has 156 valence electrons. The van der Waals surface area contributed by atoms with Crippen LogP contribution in [-0.4, -0.2) is 21.2 Å². The number of benzene rings is 3. The molecular formula is C23H17F2N3O2S. The van der Waals surface area contributed by atoms with Crippen LogP contribution in [0.3, 0.4) is 0 Å². The molecule has 0 radical (unpaired) electrons. The van der Waals surface area contributed by atoms with Crippen LogP contribution in [-0.2, 0) is 4.79 Å². The number of hydrogen-bond acceptors (Lipinski definition) is 4. The van der Waals surface area contributed by atoms with E-state index in [0.29, 0.717) is 21.7 Å². The van der Waals surface area contributed by atoms with Gasteiger partial charge in [0.15, 0.2) is 5.16 Å². The van der Waals surface area contributed by atoms with E-state index in [1.165, 1.54) is 4.57 Å². The van der Waals surface area contributed by atoms with Crippen LogP contribution >= 0.6 is 11.8 Å². The molecule has 0 unspecified atom stereocenters. The lowest BCUT2D eigenvalue weighted by molar-refractivity contribution is -0.113. The van der Waals surface area contributed by atoms with Crippen molar-refractivity contribution in [3.63, 3.8) is 0 Å². The fourth-order valence-electron chi connectivity index (χ4n) is 3.08. The Morgan fingerprint density at radius 1 is 1.03 bits per heavy atom. The zero-order valence-corrected chi connectivity index (χ0v) is 17.2. The maximum atomic E-state index is 13.3. The minimum atomic E-state index is -0.785. The third-order valence-corrected chi connectivity index (χ3v) is 5.45. The van der Waals surface area contributed by atoms with Crippen molar-refractivity contribution in [3.05, 3.63) is 94.3 Å². The van der Waals surface area contributed by atoms with Crippen molar-refractivity contribution in [3.8, 4) is 5.69 Å². The smallest absolute Gasteiger partial charge is 0.266 e. The third kappa shape index (κ3) is 4.64. The normalized spacial score (nSPS) is 10.9. The highest BCUT2D eigenvalue weighted by atomic mass is 32.2. The first-order valence-corrected chi connectivity index (χ1v) is 10.4. The summed E-state index contributed by atoms with van der Waals surface area (Å²) in [4.78, 5) is 30.1. The van der Waals surface area contributed by atoms with Crippen molar-refractivity contribution >= 4 is 34.3 Å². The number of carbonyl (C=O) groups excluding carboxylic acids is 1. The van der Waals surface area contributed by atoms with Gasteiger partial charge in [0, 0.05) is 11.8 Å². The number of nitrogens with zero attached hydrogens (tertiary/aromatic N) is 2. The van der Waals surface area contributed by atoms with Gasteiger partial charge in [-0.05, 0) is 43.3 Å². The summed E-state index contributed by atoms with van der Waals surface area (Å²) in [5, 5.41) is 3.26. The summed E-state index contributed by atoms with van der Waals surface area (Å²) < 4.78 is 28.2. The topological polar surface area (TPSA) is 64.0 Å². The highest BCUT2D eigenvalue weighted by Gasteiger charge is 2.15. The molecule has 3 aromatic carbocycles. The average Bonchev–Trinajstić information content (AvgIpc) is 2.72. The van der Waals surface area contributed by atoms with Crippen LogP contribution in [0, 0.1) is 18.6 Å². The Kier molecular flexibility index (Phi) is 5.81. The minimum absolute atomic E-state index is 0.0190. The molecule has 4 rings (SSSR count). The van der Waals surface area contributed by atoms with Crippen molar-refractivity contribution in [1.29, 1.82) is 0 Å². The lowest BCUT2D eigenvalue weighted by atomic mass is 10.2. The van der Waals surface area contributed by atoms with E-state index in [0.717, 1.165) is 35.5 Å². The maximum absolute atomic E-state index is 13.3. The monoisotopic (exact) mass is 437 g/mol. The van der Waals surface area contributed by atoms with Crippen LogP contribution < -0.4 is 10.9 Å². The number of carbonyl (C=O) groups is 1. The van der Waals surface area contributed by atoms with Crippen LogP contribution in [0.2, 0.25) is 0 Å². The quantitative estimate of drug-likeness (QED) is 0.363. The first-order chi connectivity index (χ1) is 14.9. The molecule has 0 aliphatic rings. The van der Waals surface area contributed by atoms with E-state index >= 15 is 0 Å². The number of nitrogens with one attached hydrogen (secondary N) is 1. The van der Waals surface area contributed by atoms with Crippen LogP contribution in [0.5, 0.6) is 0 Å². The number of amides is 1. The molecule has 1 heterocycles. The average molecular weight is 437 g/mol. The largest absolute Gasteiger partial charge is 0.325 e.